The Bertz CT molecular complexity index is 597. The third-order valence-electron chi connectivity index (χ3n) is 4.16. The molecule has 1 fully saturated rings. The van der Waals surface area contributed by atoms with Gasteiger partial charge in [-0.3, -0.25) is 9.59 Å². The van der Waals surface area contributed by atoms with Crippen molar-refractivity contribution in [3.05, 3.63) is 23.8 Å². The number of hydrogen-bond donors (Lipinski definition) is 2. The summed E-state index contributed by atoms with van der Waals surface area (Å²) in [5.74, 6) is 0.721. The standard InChI is InChI=1S/C17H25N3O4.ClH/c1-23-13-5-6-14(15(10-13)24-2)17(22)20-9-3-4-12(11-20)16(21)19-8-7-18;/h5-6,10,12H,3-4,7-9,11,18H2,1-2H3,(H,19,21);1H. The van der Waals surface area contributed by atoms with Gasteiger partial charge >= 0.3 is 0 Å². The average Bonchev–Trinajstić information content (AvgIpc) is 2.64. The molecule has 0 saturated carbocycles. The van der Waals surface area contributed by atoms with E-state index in [0.717, 1.165) is 12.8 Å². The molecule has 0 aromatic heterocycles. The zero-order chi connectivity index (χ0) is 17.5. The van der Waals surface area contributed by atoms with E-state index in [0.29, 0.717) is 43.2 Å². The minimum Gasteiger partial charge on any atom is -0.497 e. The Balaban J connectivity index is 0.00000312. The molecule has 1 heterocycles. The van der Waals surface area contributed by atoms with Crippen LogP contribution in [-0.4, -0.2) is 57.1 Å². The SMILES string of the molecule is COc1ccc(C(=O)N2CCCC(C(=O)NCCN)C2)c(OC)c1.Cl. The van der Waals surface area contributed by atoms with Crippen LogP contribution in [0.15, 0.2) is 18.2 Å². The summed E-state index contributed by atoms with van der Waals surface area (Å²) in [6, 6.07) is 5.10. The first-order valence-corrected chi connectivity index (χ1v) is 8.09. The summed E-state index contributed by atoms with van der Waals surface area (Å²) in [5, 5.41) is 2.80. The van der Waals surface area contributed by atoms with Crippen LogP contribution < -0.4 is 20.5 Å². The van der Waals surface area contributed by atoms with Crippen molar-refractivity contribution in [1.82, 2.24) is 10.2 Å². The lowest BCUT2D eigenvalue weighted by atomic mass is 9.96. The molecule has 2 amide bonds. The Morgan fingerprint density at radius 2 is 2.08 bits per heavy atom. The van der Waals surface area contributed by atoms with Gasteiger partial charge in [0, 0.05) is 32.2 Å². The molecular formula is C17H26ClN3O4. The Hall–Kier alpha value is -1.99. The maximum absolute atomic E-state index is 12.8. The number of rotatable bonds is 6. The first kappa shape index (κ1) is 21.1. The fraction of sp³-hybridized carbons (Fsp3) is 0.529. The molecular weight excluding hydrogens is 346 g/mol. The molecule has 7 nitrogen and oxygen atoms in total. The fourth-order valence-corrected chi connectivity index (χ4v) is 2.86. The molecule has 2 rings (SSSR count). The van der Waals surface area contributed by atoms with E-state index < -0.39 is 0 Å². The number of carbonyl (C=O) groups is 2. The van der Waals surface area contributed by atoms with Crippen molar-refractivity contribution in [3.63, 3.8) is 0 Å². The summed E-state index contributed by atoms with van der Waals surface area (Å²) in [4.78, 5) is 26.6. The van der Waals surface area contributed by atoms with E-state index in [1.165, 1.54) is 7.11 Å². The van der Waals surface area contributed by atoms with Gasteiger partial charge in [-0.05, 0) is 25.0 Å². The summed E-state index contributed by atoms with van der Waals surface area (Å²) in [6.45, 7) is 1.90. The molecule has 1 aromatic rings. The quantitative estimate of drug-likeness (QED) is 0.779. The van der Waals surface area contributed by atoms with Gasteiger partial charge in [0.1, 0.15) is 11.5 Å². The first-order valence-electron chi connectivity index (χ1n) is 8.09. The number of amides is 2. The average molecular weight is 372 g/mol. The Labute approximate surface area is 154 Å². The second-order valence-corrected chi connectivity index (χ2v) is 5.74. The molecule has 1 atom stereocenters. The lowest BCUT2D eigenvalue weighted by molar-refractivity contribution is -0.126. The van der Waals surface area contributed by atoms with Crippen LogP contribution in [0.1, 0.15) is 23.2 Å². The lowest BCUT2D eigenvalue weighted by Crippen LogP contribution is -2.46. The van der Waals surface area contributed by atoms with Crippen molar-refractivity contribution in [2.45, 2.75) is 12.8 Å². The van der Waals surface area contributed by atoms with Gasteiger partial charge in [0.05, 0.1) is 25.7 Å². The molecule has 1 saturated heterocycles. The highest BCUT2D eigenvalue weighted by atomic mass is 35.5. The minimum atomic E-state index is -0.196. The van der Waals surface area contributed by atoms with Crippen LogP contribution in [0.2, 0.25) is 0 Å². The number of hydrogen-bond acceptors (Lipinski definition) is 5. The Morgan fingerprint density at radius 3 is 2.72 bits per heavy atom. The molecule has 3 N–H and O–H groups in total. The number of nitrogens with two attached hydrogens (primary N) is 1. The van der Waals surface area contributed by atoms with Crippen LogP contribution in [0.4, 0.5) is 0 Å². The number of carbonyl (C=O) groups excluding carboxylic acids is 2. The highest BCUT2D eigenvalue weighted by Gasteiger charge is 2.29. The fourth-order valence-electron chi connectivity index (χ4n) is 2.86. The summed E-state index contributed by atoms with van der Waals surface area (Å²) in [7, 11) is 3.08. The second kappa shape index (κ2) is 10.1. The number of nitrogens with one attached hydrogen (secondary N) is 1. The van der Waals surface area contributed by atoms with Crippen LogP contribution >= 0.6 is 12.4 Å². The number of nitrogens with zero attached hydrogens (tertiary/aromatic N) is 1. The summed E-state index contributed by atoms with van der Waals surface area (Å²) >= 11 is 0. The first-order chi connectivity index (χ1) is 11.6. The molecule has 140 valence electrons. The Kier molecular flexibility index (Phi) is 8.51. The molecule has 1 aromatic carbocycles. The van der Waals surface area contributed by atoms with Crippen molar-refractivity contribution >= 4 is 24.2 Å². The zero-order valence-electron chi connectivity index (χ0n) is 14.6. The van der Waals surface area contributed by atoms with Crippen LogP contribution in [0, 0.1) is 5.92 Å². The molecule has 1 aliphatic heterocycles. The molecule has 0 bridgehead atoms. The van der Waals surface area contributed by atoms with E-state index in [4.69, 9.17) is 15.2 Å². The van der Waals surface area contributed by atoms with E-state index in [1.54, 1.807) is 30.2 Å². The molecule has 25 heavy (non-hydrogen) atoms. The van der Waals surface area contributed by atoms with Crippen molar-refractivity contribution in [3.8, 4) is 11.5 Å². The number of halogens is 1. The van der Waals surface area contributed by atoms with Crippen molar-refractivity contribution in [1.29, 1.82) is 0 Å². The van der Waals surface area contributed by atoms with E-state index in [-0.39, 0.29) is 30.1 Å². The molecule has 1 aliphatic rings. The molecule has 8 heteroatoms. The predicted molar refractivity (Wildman–Crippen MR) is 97.5 cm³/mol. The number of methoxy groups -OCH3 is 2. The Morgan fingerprint density at radius 1 is 1.32 bits per heavy atom. The third kappa shape index (κ3) is 5.24. The van der Waals surface area contributed by atoms with Crippen molar-refractivity contribution in [2.24, 2.45) is 11.7 Å². The van der Waals surface area contributed by atoms with E-state index in [1.807, 2.05) is 0 Å². The van der Waals surface area contributed by atoms with Crippen LogP contribution in [0.3, 0.4) is 0 Å². The number of ether oxygens (including phenoxy) is 2. The number of benzene rings is 1. The number of piperidine rings is 1. The zero-order valence-corrected chi connectivity index (χ0v) is 15.4. The van der Waals surface area contributed by atoms with Gasteiger partial charge in [0.15, 0.2) is 0 Å². The van der Waals surface area contributed by atoms with Gasteiger partial charge < -0.3 is 25.4 Å². The summed E-state index contributed by atoms with van der Waals surface area (Å²) in [6.07, 6.45) is 1.57. The summed E-state index contributed by atoms with van der Waals surface area (Å²) < 4.78 is 10.5. The van der Waals surface area contributed by atoms with E-state index in [2.05, 4.69) is 5.32 Å². The maximum atomic E-state index is 12.8. The van der Waals surface area contributed by atoms with Gasteiger partial charge in [-0.1, -0.05) is 0 Å². The predicted octanol–water partition coefficient (Wildman–Crippen LogP) is 1.05. The van der Waals surface area contributed by atoms with Crippen LogP contribution in [0.25, 0.3) is 0 Å². The number of likely N-dealkylation sites (tertiary alicyclic amines) is 1. The van der Waals surface area contributed by atoms with Crippen molar-refractivity contribution in [2.75, 3.05) is 40.4 Å². The third-order valence-corrected chi connectivity index (χ3v) is 4.16. The van der Waals surface area contributed by atoms with Crippen molar-refractivity contribution < 1.29 is 19.1 Å². The molecule has 0 aliphatic carbocycles. The molecule has 1 unspecified atom stereocenters. The molecule has 0 radical (unpaired) electrons. The monoisotopic (exact) mass is 371 g/mol. The smallest absolute Gasteiger partial charge is 0.257 e. The second-order valence-electron chi connectivity index (χ2n) is 5.74. The highest BCUT2D eigenvalue weighted by molar-refractivity contribution is 5.97. The maximum Gasteiger partial charge on any atom is 0.257 e. The summed E-state index contributed by atoms with van der Waals surface area (Å²) in [5.41, 5.74) is 5.88. The van der Waals surface area contributed by atoms with E-state index >= 15 is 0 Å². The lowest BCUT2D eigenvalue weighted by Gasteiger charge is -2.32. The highest BCUT2D eigenvalue weighted by Crippen LogP contribution is 2.27. The van der Waals surface area contributed by atoms with Gasteiger partial charge in [-0.15, -0.1) is 12.4 Å². The normalized spacial score (nSPS) is 16.6. The van der Waals surface area contributed by atoms with Gasteiger partial charge in [-0.25, -0.2) is 0 Å². The van der Waals surface area contributed by atoms with E-state index in [9.17, 15) is 9.59 Å². The molecule has 0 spiro atoms. The largest absolute Gasteiger partial charge is 0.497 e. The minimum absolute atomic E-state index is 0. The van der Waals surface area contributed by atoms with Gasteiger partial charge in [0.2, 0.25) is 5.91 Å². The van der Waals surface area contributed by atoms with Gasteiger partial charge in [-0.2, -0.15) is 0 Å². The van der Waals surface area contributed by atoms with Crippen LogP contribution in [-0.2, 0) is 4.79 Å². The van der Waals surface area contributed by atoms with Gasteiger partial charge in [0.25, 0.3) is 5.91 Å². The topological polar surface area (TPSA) is 93.9 Å². The van der Waals surface area contributed by atoms with Crippen LogP contribution in [0.5, 0.6) is 11.5 Å².